The molecule has 0 bridgehead atoms. The van der Waals surface area contributed by atoms with Gasteiger partial charge in [0.25, 0.3) is 11.8 Å². The normalized spacial score (nSPS) is 17.0. The lowest BCUT2D eigenvalue weighted by atomic mass is 9.98. The number of hydrogen-bond donors (Lipinski definition) is 2. The molecule has 378 valence electrons. The maximum absolute atomic E-state index is 14.1. The van der Waals surface area contributed by atoms with Crippen molar-refractivity contribution in [3.05, 3.63) is 136 Å². The maximum Gasteiger partial charge on any atom is 0.261 e. The van der Waals surface area contributed by atoms with Crippen molar-refractivity contribution >= 4 is 64.2 Å². The molecule has 0 spiro atoms. The van der Waals surface area contributed by atoms with Crippen molar-refractivity contribution in [2.45, 2.75) is 124 Å². The maximum atomic E-state index is 14.1. The number of carbonyl (C=O) groups is 6. The number of nitrogens with zero attached hydrogens (tertiary/aromatic N) is 3. The summed E-state index contributed by atoms with van der Waals surface area (Å²) < 4.78 is 18.8. The van der Waals surface area contributed by atoms with Crippen LogP contribution in [0.1, 0.15) is 120 Å². The summed E-state index contributed by atoms with van der Waals surface area (Å²) in [7, 11) is 1.52. The first-order valence-electron chi connectivity index (χ1n) is 25.4. The van der Waals surface area contributed by atoms with Crippen LogP contribution in [0.2, 0.25) is 0 Å². The molecule has 14 heteroatoms. The summed E-state index contributed by atoms with van der Waals surface area (Å²) >= 11 is 0. The second kappa shape index (κ2) is 21.6. The Kier molecular flexibility index (Phi) is 14.9. The lowest BCUT2D eigenvalue weighted by Crippen LogP contribution is -2.39. The number of hydrogen-bond acceptors (Lipinski definition) is 10. The van der Waals surface area contributed by atoms with E-state index in [1.807, 2.05) is 92.4 Å². The lowest BCUT2D eigenvalue weighted by molar-refractivity contribution is -0.129. The van der Waals surface area contributed by atoms with E-state index in [1.165, 1.54) is 12.7 Å². The van der Waals surface area contributed by atoms with Crippen LogP contribution in [-0.4, -0.2) is 66.6 Å². The van der Waals surface area contributed by atoms with Gasteiger partial charge in [-0.1, -0.05) is 57.2 Å². The van der Waals surface area contributed by atoms with E-state index in [-0.39, 0.29) is 79.3 Å². The van der Waals surface area contributed by atoms with Crippen molar-refractivity contribution < 1.29 is 43.0 Å². The standard InChI is InChI=1S/C59H63N5O9/c1-34(2)51(65)17-11-12-18-56(67)61-37(5)52(66)22-36(4)57(68)62-43-24-38(32-72-53-28-40-19-20-44-26-41-13-7-9-15-49(41)63(44)58(69)46(40)21-35(53)3)23-39(25-43)33-73-55-30-48-47(29-54(55)71-6)59(70)64-45(31-60-48)27-42-14-8-10-16-50(42)64/h7-10,13-16,21,23-25,28-31,34,36-37,44-45H,11-12,17-20,22,26-27,32-33H2,1-6H3,(H,61,67)(H,62,68). The summed E-state index contributed by atoms with van der Waals surface area (Å²) in [6, 6.07) is 27.9. The van der Waals surface area contributed by atoms with Gasteiger partial charge in [0.1, 0.15) is 24.7 Å². The van der Waals surface area contributed by atoms with E-state index < -0.39 is 12.0 Å². The van der Waals surface area contributed by atoms with Crippen LogP contribution in [0, 0.1) is 18.8 Å². The molecule has 4 unspecified atom stereocenters. The summed E-state index contributed by atoms with van der Waals surface area (Å²) in [5, 5.41) is 5.75. The molecule has 2 N–H and O–H groups in total. The van der Waals surface area contributed by atoms with Crippen LogP contribution in [0.3, 0.4) is 0 Å². The van der Waals surface area contributed by atoms with E-state index >= 15 is 0 Å². The minimum Gasteiger partial charge on any atom is -0.493 e. The predicted molar refractivity (Wildman–Crippen MR) is 281 cm³/mol. The van der Waals surface area contributed by atoms with E-state index in [0.717, 1.165) is 52.9 Å². The van der Waals surface area contributed by atoms with Gasteiger partial charge in [-0.25, -0.2) is 0 Å². The molecule has 73 heavy (non-hydrogen) atoms. The third-order valence-electron chi connectivity index (χ3n) is 14.4. The largest absolute Gasteiger partial charge is 0.493 e. The minimum atomic E-state index is -0.796. The van der Waals surface area contributed by atoms with E-state index in [0.29, 0.717) is 71.0 Å². The molecule has 0 radical (unpaired) electrons. The summed E-state index contributed by atoms with van der Waals surface area (Å²) in [6.45, 7) is 9.07. The Morgan fingerprint density at radius 1 is 0.712 bits per heavy atom. The molecule has 4 atom stereocenters. The molecule has 4 aliphatic rings. The number of rotatable bonds is 19. The number of methoxy groups -OCH3 is 1. The van der Waals surface area contributed by atoms with Crippen molar-refractivity contribution in [2.75, 3.05) is 22.2 Å². The Morgan fingerprint density at radius 2 is 1.37 bits per heavy atom. The molecule has 4 heterocycles. The van der Waals surface area contributed by atoms with Crippen LogP contribution in [0.4, 0.5) is 22.7 Å². The molecule has 4 aliphatic heterocycles. The fourth-order valence-electron chi connectivity index (χ4n) is 10.3. The highest BCUT2D eigenvalue weighted by Crippen LogP contribution is 2.42. The Bertz CT molecular complexity index is 3030. The third kappa shape index (κ3) is 10.9. The molecule has 4 amide bonds. The molecular formula is C59H63N5O9. The number of aryl methyl sites for hydroxylation is 2. The highest BCUT2D eigenvalue weighted by atomic mass is 16.5. The Hall–Kier alpha value is -7.61. The van der Waals surface area contributed by atoms with E-state index in [1.54, 1.807) is 43.2 Å². The number of fused-ring (bicyclic) bond motifs is 8. The summed E-state index contributed by atoms with van der Waals surface area (Å²) in [5.41, 5.74) is 9.25. The average Bonchev–Trinajstić information content (AvgIpc) is 3.87. The Balaban J connectivity index is 0.914. The molecule has 0 aromatic heterocycles. The number of ketones is 2. The second-order valence-electron chi connectivity index (χ2n) is 20.1. The SMILES string of the molecule is COc1cc2c(cc1OCc1cc(COc3cc4c(cc3C)C(=O)N3c5ccccc5CC3CC4)cc(NC(=O)C(C)CC(=O)C(C)NC(=O)CCCCC(=O)C(C)C)c1)N=CC1Cc3ccccc3N1C2=O. The van der Waals surface area contributed by atoms with Crippen LogP contribution in [0.25, 0.3) is 0 Å². The van der Waals surface area contributed by atoms with Crippen molar-refractivity contribution in [2.24, 2.45) is 16.8 Å². The van der Waals surface area contributed by atoms with Crippen molar-refractivity contribution in [3.8, 4) is 17.2 Å². The fourth-order valence-corrected chi connectivity index (χ4v) is 10.3. The number of amides is 4. The average molecular weight is 986 g/mol. The van der Waals surface area contributed by atoms with Gasteiger partial charge < -0.3 is 29.7 Å². The van der Waals surface area contributed by atoms with Crippen molar-refractivity contribution in [1.29, 1.82) is 0 Å². The highest BCUT2D eigenvalue weighted by Gasteiger charge is 2.38. The van der Waals surface area contributed by atoms with Crippen LogP contribution in [0.15, 0.2) is 96.0 Å². The van der Waals surface area contributed by atoms with E-state index in [9.17, 15) is 28.8 Å². The molecule has 5 aromatic carbocycles. The number of anilines is 3. The molecule has 0 saturated heterocycles. The number of carbonyl (C=O) groups excluding carboxylic acids is 6. The van der Waals surface area contributed by atoms with Gasteiger partial charge in [-0.05, 0) is 128 Å². The summed E-state index contributed by atoms with van der Waals surface area (Å²) in [4.78, 5) is 88.4. The smallest absolute Gasteiger partial charge is 0.261 e. The quantitative estimate of drug-likeness (QED) is 0.0764. The zero-order valence-corrected chi connectivity index (χ0v) is 42.4. The number of Topliss-reactive ketones (excluding diaryl/α,β-unsaturated/α-hetero) is 2. The van der Waals surface area contributed by atoms with Crippen LogP contribution in [0.5, 0.6) is 17.2 Å². The minimum absolute atomic E-state index is 0.00138. The zero-order chi connectivity index (χ0) is 51.5. The van der Waals surface area contributed by atoms with E-state index in [4.69, 9.17) is 19.2 Å². The predicted octanol–water partition coefficient (Wildman–Crippen LogP) is 9.79. The fraction of sp³-hybridized carbons (Fsp3) is 0.373. The first-order chi connectivity index (χ1) is 35.1. The Labute approximate surface area is 426 Å². The van der Waals surface area contributed by atoms with Gasteiger partial charge in [0.05, 0.1) is 30.4 Å². The monoisotopic (exact) mass is 985 g/mol. The zero-order valence-electron chi connectivity index (χ0n) is 42.4. The molecule has 0 fully saturated rings. The molecule has 0 saturated carbocycles. The van der Waals surface area contributed by atoms with Gasteiger partial charge in [-0.15, -0.1) is 0 Å². The van der Waals surface area contributed by atoms with Gasteiger partial charge in [-0.2, -0.15) is 0 Å². The van der Waals surface area contributed by atoms with Crippen LogP contribution >= 0.6 is 0 Å². The van der Waals surface area contributed by atoms with Crippen molar-refractivity contribution in [1.82, 2.24) is 5.32 Å². The van der Waals surface area contributed by atoms with Gasteiger partial charge in [-0.3, -0.25) is 38.7 Å². The van der Waals surface area contributed by atoms with Gasteiger partial charge >= 0.3 is 0 Å². The number of ether oxygens (including phenoxy) is 3. The number of nitrogens with one attached hydrogen (secondary N) is 2. The highest BCUT2D eigenvalue weighted by molar-refractivity contribution is 6.15. The third-order valence-corrected chi connectivity index (χ3v) is 14.4. The molecule has 9 rings (SSSR count). The number of benzene rings is 5. The molecular weight excluding hydrogens is 923 g/mol. The van der Waals surface area contributed by atoms with Gasteiger partial charge in [0.2, 0.25) is 11.8 Å². The van der Waals surface area contributed by atoms with Crippen LogP contribution in [-0.2, 0) is 51.7 Å². The second-order valence-corrected chi connectivity index (χ2v) is 20.1. The topological polar surface area (TPSA) is 173 Å². The number of para-hydroxylation sites is 2. The first kappa shape index (κ1) is 50.3. The number of aliphatic imine (C=N–C) groups is 1. The van der Waals surface area contributed by atoms with Crippen LogP contribution < -0.4 is 34.6 Å². The summed E-state index contributed by atoms with van der Waals surface area (Å²) in [5.74, 6) is -0.385. The Morgan fingerprint density at radius 3 is 2.08 bits per heavy atom. The number of unbranched alkanes of at least 4 members (excludes halogenated alkanes) is 1. The van der Waals surface area contributed by atoms with Gasteiger partial charge in [0.15, 0.2) is 17.3 Å². The van der Waals surface area contributed by atoms with E-state index in [2.05, 4.69) is 16.7 Å². The molecule has 14 nitrogen and oxygen atoms in total. The molecule has 5 aromatic rings. The lowest BCUT2D eigenvalue weighted by Gasteiger charge is -2.23. The summed E-state index contributed by atoms with van der Waals surface area (Å²) in [6.07, 6.45) is 6.50. The first-order valence-corrected chi connectivity index (χ1v) is 25.4. The van der Waals surface area contributed by atoms with Crippen molar-refractivity contribution in [3.63, 3.8) is 0 Å². The van der Waals surface area contributed by atoms with Gasteiger partial charge in [0, 0.05) is 78.5 Å². The molecule has 0 aliphatic carbocycles.